The number of halogens is 1. The van der Waals surface area contributed by atoms with Crippen LogP contribution in [0.5, 0.6) is 0 Å². The molecule has 5 rings (SSSR count). The topological polar surface area (TPSA) is 123 Å². The van der Waals surface area contributed by atoms with Gasteiger partial charge in [-0.3, -0.25) is 29.4 Å². The van der Waals surface area contributed by atoms with E-state index in [0.717, 1.165) is 15.7 Å². The zero-order valence-corrected chi connectivity index (χ0v) is 21.2. The van der Waals surface area contributed by atoms with Gasteiger partial charge in [-0.25, -0.2) is 0 Å². The van der Waals surface area contributed by atoms with E-state index < -0.39 is 28.5 Å². The van der Waals surface area contributed by atoms with Gasteiger partial charge in [0.05, 0.1) is 9.83 Å². The molecule has 1 saturated heterocycles. The number of furan rings is 1. The van der Waals surface area contributed by atoms with Crippen molar-refractivity contribution in [1.82, 2.24) is 4.90 Å². The van der Waals surface area contributed by atoms with Crippen LogP contribution in [0.3, 0.4) is 0 Å². The largest absolute Gasteiger partial charge is 0.457 e. The molecule has 1 aliphatic rings. The van der Waals surface area contributed by atoms with Crippen LogP contribution in [0.25, 0.3) is 28.2 Å². The Kier molecular flexibility index (Phi) is 6.64. The SMILES string of the molecule is O=C(CN1C(=O)S/C(=C/c2ccc(-c3ccc([N+](=O)[O-])cc3Br)o2)C1=O)Nc1cccc2ccccc12. The Morgan fingerprint density at radius 2 is 1.86 bits per heavy atom. The number of hydrogen-bond acceptors (Lipinski definition) is 7. The molecular weight excluding hydrogens is 562 g/mol. The first-order chi connectivity index (χ1) is 17.8. The molecular formula is C26H16BrN3O6S. The lowest BCUT2D eigenvalue weighted by molar-refractivity contribution is -0.384. The predicted octanol–water partition coefficient (Wildman–Crippen LogP) is 6.45. The van der Waals surface area contributed by atoms with Crippen LogP contribution < -0.4 is 5.32 Å². The number of amides is 3. The van der Waals surface area contributed by atoms with Crippen LogP contribution in [-0.2, 0) is 9.59 Å². The number of imide groups is 1. The summed E-state index contributed by atoms with van der Waals surface area (Å²) in [6, 6.07) is 20.6. The fourth-order valence-electron chi connectivity index (χ4n) is 3.83. The lowest BCUT2D eigenvalue weighted by Crippen LogP contribution is -2.36. The summed E-state index contributed by atoms with van der Waals surface area (Å²) >= 11 is 4.02. The molecule has 184 valence electrons. The first-order valence-corrected chi connectivity index (χ1v) is 12.5. The quantitative estimate of drug-likeness (QED) is 0.159. The monoisotopic (exact) mass is 577 g/mol. The molecule has 0 radical (unpaired) electrons. The Labute approximate surface area is 222 Å². The molecule has 2 heterocycles. The summed E-state index contributed by atoms with van der Waals surface area (Å²) in [6.07, 6.45) is 1.43. The van der Waals surface area contributed by atoms with Crippen LogP contribution in [-0.4, -0.2) is 33.4 Å². The van der Waals surface area contributed by atoms with Gasteiger partial charge >= 0.3 is 0 Å². The van der Waals surface area contributed by atoms with Crippen molar-refractivity contribution in [2.75, 3.05) is 11.9 Å². The van der Waals surface area contributed by atoms with Crippen LogP contribution in [0.4, 0.5) is 16.2 Å². The Morgan fingerprint density at radius 3 is 2.65 bits per heavy atom. The maximum absolute atomic E-state index is 12.9. The fourth-order valence-corrected chi connectivity index (χ4v) is 5.21. The van der Waals surface area contributed by atoms with Crippen LogP contribution in [0.2, 0.25) is 0 Å². The second-order valence-corrected chi connectivity index (χ2v) is 9.81. The van der Waals surface area contributed by atoms with Crippen molar-refractivity contribution in [2.45, 2.75) is 0 Å². The number of nitro groups is 1. The highest BCUT2D eigenvalue weighted by Gasteiger charge is 2.36. The number of nitrogens with one attached hydrogen (secondary N) is 1. The van der Waals surface area contributed by atoms with Crippen molar-refractivity contribution >= 4 is 73.0 Å². The van der Waals surface area contributed by atoms with Gasteiger partial charge in [0.2, 0.25) is 5.91 Å². The van der Waals surface area contributed by atoms with Gasteiger partial charge in [0, 0.05) is 39.3 Å². The number of nitro benzene ring substituents is 1. The van der Waals surface area contributed by atoms with E-state index in [1.807, 2.05) is 36.4 Å². The predicted molar refractivity (Wildman–Crippen MR) is 144 cm³/mol. The molecule has 1 fully saturated rings. The average Bonchev–Trinajstić information content (AvgIpc) is 3.44. The molecule has 0 atom stereocenters. The smallest absolute Gasteiger partial charge is 0.294 e. The first-order valence-electron chi connectivity index (χ1n) is 10.9. The number of carbonyl (C=O) groups excluding carboxylic acids is 3. The Bertz CT molecular complexity index is 1620. The third-order valence-electron chi connectivity index (χ3n) is 5.57. The molecule has 0 saturated carbocycles. The summed E-state index contributed by atoms with van der Waals surface area (Å²) in [5.41, 5.74) is 1.11. The van der Waals surface area contributed by atoms with Crippen molar-refractivity contribution in [3.8, 4) is 11.3 Å². The minimum absolute atomic E-state index is 0.0689. The van der Waals surface area contributed by atoms with Crippen molar-refractivity contribution in [3.63, 3.8) is 0 Å². The average molecular weight is 578 g/mol. The van der Waals surface area contributed by atoms with Gasteiger partial charge in [-0.15, -0.1) is 0 Å². The standard InChI is InChI=1S/C26H16BrN3O6S/c27-20-12-16(30(34)35)8-10-19(20)22-11-9-17(36-22)13-23-25(32)29(26(33)37-23)14-24(31)28-21-7-3-5-15-4-1-2-6-18(15)21/h1-13H,14H2,(H,28,31)/b23-13+. The highest BCUT2D eigenvalue weighted by atomic mass is 79.9. The van der Waals surface area contributed by atoms with E-state index in [0.29, 0.717) is 39.0 Å². The highest BCUT2D eigenvalue weighted by Crippen LogP contribution is 2.36. The molecule has 1 N–H and O–H groups in total. The molecule has 11 heteroatoms. The number of hydrogen-bond donors (Lipinski definition) is 1. The normalized spacial score (nSPS) is 14.5. The fraction of sp³-hybridized carbons (Fsp3) is 0.0385. The number of fused-ring (bicyclic) bond motifs is 1. The molecule has 3 aromatic carbocycles. The van der Waals surface area contributed by atoms with E-state index in [2.05, 4.69) is 21.2 Å². The van der Waals surface area contributed by atoms with E-state index in [4.69, 9.17) is 4.42 Å². The number of rotatable bonds is 6. The second-order valence-electron chi connectivity index (χ2n) is 7.97. The number of nitrogens with zero attached hydrogens (tertiary/aromatic N) is 2. The Hall–Kier alpha value is -4.22. The number of thioether (sulfide) groups is 1. The molecule has 1 aliphatic heterocycles. The molecule has 3 amide bonds. The summed E-state index contributed by atoms with van der Waals surface area (Å²) in [5, 5.41) is 15.0. The van der Waals surface area contributed by atoms with Crippen molar-refractivity contribution < 1.29 is 23.7 Å². The van der Waals surface area contributed by atoms with E-state index in [1.54, 1.807) is 24.3 Å². The van der Waals surface area contributed by atoms with Gasteiger partial charge < -0.3 is 9.73 Å². The van der Waals surface area contributed by atoms with E-state index >= 15 is 0 Å². The maximum Gasteiger partial charge on any atom is 0.294 e. The van der Waals surface area contributed by atoms with Crippen LogP contribution in [0.1, 0.15) is 5.76 Å². The third kappa shape index (κ3) is 5.04. The number of non-ortho nitro benzene ring substituents is 1. The lowest BCUT2D eigenvalue weighted by Gasteiger charge is -2.13. The van der Waals surface area contributed by atoms with E-state index in [1.165, 1.54) is 18.2 Å². The second kappa shape index (κ2) is 10.0. The van der Waals surface area contributed by atoms with E-state index in [9.17, 15) is 24.5 Å². The first kappa shape index (κ1) is 24.5. The highest BCUT2D eigenvalue weighted by molar-refractivity contribution is 9.10. The molecule has 0 unspecified atom stereocenters. The van der Waals surface area contributed by atoms with Crippen molar-refractivity contribution in [1.29, 1.82) is 0 Å². The van der Waals surface area contributed by atoms with Crippen LogP contribution in [0, 0.1) is 10.1 Å². The number of anilines is 1. The number of carbonyl (C=O) groups is 3. The van der Waals surface area contributed by atoms with Gasteiger partial charge in [-0.2, -0.15) is 0 Å². The minimum atomic E-state index is -0.600. The Balaban J connectivity index is 1.30. The summed E-state index contributed by atoms with van der Waals surface area (Å²) in [6.45, 7) is -0.426. The molecule has 4 aromatic rings. The van der Waals surface area contributed by atoms with Crippen LogP contribution in [0.15, 0.2) is 86.6 Å². The maximum atomic E-state index is 12.9. The molecule has 0 spiro atoms. The zero-order valence-electron chi connectivity index (χ0n) is 18.8. The third-order valence-corrected chi connectivity index (χ3v) is 7.13. The molecule has 1 aromatic heterocycles. The summed E-state index contributed by atoms with van der Waals surface area (Å²) in [5.74, 6) is -0.367. The molecule has 9 nitrogen and oxygen atoms in total. The van der Waals surface area contributed by atoms with Gasteiger partial charge in [0.25, 0.3) is 16.8 Å². The summed E-state index contributed by atoms with van der Waals surface area (Å²) < 4.78 is 6.25. The molecule has 0 aliphatic carbocycles. The van der Waals surface area contributed by atoms with Gasteiger partial charge in [0.15, 0.2) is 0 Å². The van der Waals surface area contributed by atoms with E-state index in [-0.39, 0.29) is 10.6 Å². The Morgan fingerprint density at radius 1 is 1.08 bits per heavy atom. The zero-order chi connectivity index (χ0) is 26.1. The minimum Gasteiger partial charge on any atom is -0.457 e. The van der Waals surface area contributed by atoms with Crippen molar-refractivity contribution in [2.24, 2.45) is 0 Å². The summed E-state index contributed by atoms with van der Waals surface area (Å²) in [7, 11) is 0. The van der Waals surface area contributed by atoms with Gasteiger partial charge in [-0.05, 0) is 57.3 Å². The molecule has 0 bridgehead atoms. The van der Waals surface area contributed by atoms with Crippen molar-refractivity contribution in [3.05, 3.63) is 98.0 Å². The van der Waals surface area contributed by atoms with Gasteiger partial charge in [0.1, 0.15) is 18.1 Å². The summed E-state index contributed by atoms with van der Waals surface area (Å²) in [4.78, 5) is 49.5. The number of benzene rings is 3. The van der Waals surface area contributed by atoms with Gasteiger partial charge in [-0.1, -0.05) is 36.4 Å². The lowest BCUT2D eigenvalue weighted by atomic mass is 10.1. The molecule has 37 heavy (non-hydrogen) atoms. The van der Waals surface area contributed by atoms with Crippen LogP contribution >= 0.6 is 27.7 Å².